The summed E-state index contributed by atoms with van der Waals surface area (Å²) >= 11 is 0. The van der Waals surface area contributed by atoms with E-state index < -0.39 is 0 Å². The third-order valence-electron chi connectivity index (χ3n) is 6.23. The number of Topliss-reactive ketones (excluding diaryl/α,β-unsaturated/α-hetero) is 1. The Morgan fingerprint density at radius 2 is 1.44 bits per heavy atom. The highest BCUT2D eigenvalue weighted by atomic mass is 16.5. The number of para-hydroxylation sites is 2. The van der Waals surface area contributed by atoms with Crippen LogP contribution in [0.4, 0.5) is 0 Å². The maximum absolute atomic E-state index is 13.5. The van der Waals surface area contributed by atoms with Gasteiger partial charge in [-0.1, -0.05) is 84.0 Å². The molecule has 0 atom stereocenters. The number of hydrogen-bond acceptors (Lipinski definition) is 3. The van der Waals surface area contributed by atoms with Gasteiger partial charge in [-0.2, -0.15) is 0 Å². The molecule has 5 nitrogen and oxygen atoms in total. The first-order valence-corrected chi connectivity index (χ1v) is 12.5. The molecule has 188 valence electrons. The van der Waals surface area contributed by atoms with Crippen LogP contribution in [0.2, 0.25) is 0 Å². The van der Waals surface area contributed by atoms with Crippen LogP contribution in [0.25, 0.3) is 11.0 Å². The van der Waals surface area contributed by atoms with Crippen LogP contribution >= 0.6 is 0 Å². The molecule has 4 rings (SSSR count). The molecule has 0 fully saturated rings. The van der Waals surface area contributed by atoms with Crippen LogP contribution < -0.4 is 10.4 Å². The van der Waals surface area contributed by atoms with E-state index in [-0.39, 0.29) is 23.2 Å². The molecule has 0 aliphatic rings. The lowest BCUT2D eigenvalue weighted by molar-refractivity contribution is 0.0971. The number of carbonyl (C=O) groups excluding carboxylic acids is 1. The summed E-state index contributed by atoms with van der Waals surface area (Å²) in [5.41, 5.74) is 4.77. The summed E-state index contributed by atoms with van der Waals surface area (Å²) in [5, 5.41) is 8.92. The number of rotatable bonds is 7. The van der Waals surface area contributed by atoms with Gasteiger partial charge in [-0.05, 0) is 46.7 Å². The molecule has 0 aliphatic carbocycles. The fourth-order valence-corrected chi connectivity index (χ4v) is 4.33. The SMILES string of the molecule is CC(C)(C)COc1ccc(C(=O)Cn2c(=N)n(Cc3ccccc3)c3ccccc32)cc1C(C)(C)C. The Bertz CT molecular complexity index is 1430. The zero-order chi connectivity index (χ0) is 26.1. The van der Waals surface area contributed by atoms with E-state index in [1.165, 1.54) is 0 Å². The summed E-state index contributed by atoms with van der Waals surface area (Å²) in [7, 11) is 0. The van der Waals surface area contributed by atoms with E-state index in [1.54, 1.807) is 4.57 Å². The molecule has 0 amide bonds. The highest BCUT2D eigenvalue weighted by molar-refractivity contribution is 5.97. The van der Waals surface area contributed by atoms with Crippen molar-refractivity contribution in [2.45, 2.75) is 60.0 Å². The molecule has 0 saturated carbocycles. The third-order valence-corrected chi connectivity index (χ3v) is 6.23. The van der Waals surface area contributed by atoms with Crippen molar-refractivity contribution in [3.63, 3.8) is 0 Å². The summed E-state index contributed by atoms with van der Waals surface area (Å²) < 4.78 is 9.94. The van der Waals surface area contributed by atoms with Crippen molar-refractivity contribution >= 4 is 16.8 Å². The van der Waals surface area contributed by atoms with Crippen molar-refractivity contribution in [1.82, 2.24) is 9.13 Å². The molecule has 1 N–H and O–H groups in total. The summed E-state index contributed by atoms with van der Waals surface area (Å²) in [5.74, 6) is 0.797. The van der Waals surface area contributed by atoms with Crippen LogP contribution in [0.3, 0.4) is 0 Å². The van der Waals surface area contributed by atoms with Gasteiger partial charge in [-0.25, -0.2) is 0 Å². The second kappa shape index (κ2) is 9.81. The first kappa shape index (κ1) is 25.5. The Hall–Kier alpha value is -3.60. The molecular formula is C31H37N3O2. The number of nitrogens with zero attached hydrogens (tertiary/aromatic N) is 2. The number of imidazole rings is 1. The topological polar surface area (TPSA) is 60.0 Å². The van der Waals surface area contributed by atoms with Crippen molar-refractivity contribution in [1.29, 1.82) is 5.41 Å². The van der Waals surface area contributed by atoms with Crippen LogP contribution in [0.1, 0.15) is 63.0 Å². The number of hydrogen-bond donors (Lipinski definition) is 1. The molecule has 0 unspecified atom stereocenters. The van der Waals surface area contributed by atoms with Gasteiger partial charge in [0.05, 0.1) is 30.7 Å². The number of ketones is 1. The van der Waals surface area contributed by atoms with Gasteiger partial charge < -0.3 is 13.9 Å². The Balaban J connectivity index is 1.68. The minimum Gasteiger partial charge on any atom is -0.493 e. The molecule has 5 heteroatoms. The summed E-state index contributed by atoms with van der Waals surface area (Å²) in [6, 6.07) is 23.8. The van der Waals surface area contributed by atoms with Crippen molar-refractivity contribution in [3.05, 3.63) is 95.1 Å². The Labute approximate surface area is 213 Å². The van der Waals surface area contributed by atoms with E-state index in [2.05, 4.69) is 53.7 Å². The molecule has 1 aromatic heterocycles. The molecule has 0 saturated heterocycles. The van der Waals surface area contributed by atoms with E-state index in [0.29, 0.717) is 24.3 Å². The molecule has 0 radical (unpaired) electrons. The molecule has 0 bridgehead atoms. The van der Waals surface area contributed by atoms with Gasteiger partial charge in [0, 0.05) is 11.1 Å². The predicted octanol–water partition coefficient (Wildman–Crippen LogP) is 6.58. The maximum Gasteiger partial charge on any atom is 0.203 e. The Morgan fingerprint density at radius 3 is 2.06 bits per heavy atom. The summed E-state index contributed by atoms with van der Waals surface area (Å²) in [6.07, 6.45) is 0. The van der Waals surface area contributed by atoms with Crippen LogP contribution in [-0.4, -0.2) is 21.5 Å². The molecule has 36 heavy (non-hydrogen) atoms. The molecule has 4 aromatic rings. The maximum atomic E-state index is 13.5. The molecule has 0 spiro atoms. The van der Waals surface area contributed by atoms with Crippen molar-refractivity contribution in [2.75, 3.05) is 6.61 Å². The number of benzene rings is 3. The zero-order valence-corrected chi connectivity index (χ0v) is 22.3. The van der Waals surface area contributed by atoms with E-state index in [0.717, 1.165) is 27.9 Å². The molecule has 3 aromatic carbocycles. The molecule has 1 heterocycles. The molecular weight excluding hydrogens is 446 g/mol. The number of carbonyl (C=O) groups is 1. The second-order valence-corrected chi connectivity index (χ2v) is 11.7. The lowest BCUT2D eigenvalue weighted by atomic mass is 9.85. The predicted molar refractivity (Wildman–Crippen MR) is 146 cm³/mol. The van der Waals surface area contributed by atoms with Gasteiger partial charge in [0.15, 0.2) is 5.78 Å². The zero-order valence-electron chi connectivity index (χ0n) is 22.3. The lowest BCUT2D eigenvalue weighted by Gasteiger charge is -2.26. The van der Waals surface area contributed by atoms with Gasteiger partial charge >= 0.3 is 0 Å². The minimum atomic E-state index is -0.178. The van der Waals surface area contributed by atoms with E-state index in [9.17, 15) is 4.79 Å². The van der Waals surface area contributed by atoms with Crippen molar-refractivity contribution < 1.29 is 9.53 Å². The fourth-order valence-electron chi connectivity index (χ4n) is 4.33. The van der Waals surface area contributed by atoms with E-state index in [4.69, 9.17) is 10.1 Å². The van der Waals surface area contributed by atoms with Gasteiger partial charge in [-0.15, -0.1) is 0 Å². The standard InChI is InChI=1S/C31H37N3O2/c1-30(2,3)21-36-28-17-16-23(18-24(28)31(4,5)6)27(35)20-34-26-15-11-10-14-25(26)33(29(34)32)19-22-12-8-7-9-13-22/h7-18,32H,19-21H2,1-6H3. The minimum absolute atomic E-state index is 0.0241. The highest BCUT2D eigenvalue weighted by Gasteiger charge is 2.23. The number of nitrogens with one attached hydrogen (secondary N) is 1. The van der Waals surface area contributed by atoms with Gasteiger partial charge in [0.2, 0.25) is 5.62 Å². The van der Waals surface area contributed by atoms with Crippen molar-refractivity contribution in [2.24, 2.45) is 5.41 Å². The summed E-state index contributed by atoms with van der Waals surface area (Å²) in [6.45, 7) is 14.1. The van der Waals surface area contributed by atoms with Crippen LogP contribution in [0.5, 0.6) is 5.75 Å². The second-order valence-electron chi connectivity index (χ2n) is 11.7. The normalized spacial score (nSPS) is 12.2. The highest BCUT2D eigenvalue weighted by Crippen LogP contribution is 2.33. The Morgan fingerprint density at radius 1 is 0.833 bits per heavy atom. The van der Waals surface area contributed by atoms with Crippen LogP contribution in [0, 0.1) is 10.8 Å². The number of ether oxygens (including phenoxy) is 1. The van der Waals surface area contributed by atoms with Gasteiger partial charge in [-0.3, -0.25) is 10.2 Å². The molecule has 0 aliphatic heterocycles. The first-order chi connectivity index (χ1) is 16.9. The average Bonchev–Trinajstić information content (AvgIpc) is 3.08. The van der Waals surface area contributed by atoms with Crippen LogP contribution in [0.15, 0.2) is 72.8 Å². The van der Waals surface area contributed by atoms with Gasteiger partial charge in [0.1, 0.15) is 5.75 Å². The first-order valence-electron chi connectivity index (χ1n) is 12.5. The van der Waals surface area contributed by atoms with E-state index >= 15 is 0 Å². The number of fused-ring (bicyclic) bond motifs is 1. The fraction of sp³-hybridized carbons (Fsp3) is 0.355. The quantitative estimate of drug-likeness (QED) is 0.302. The van der Waals surface area contributed by atoms with E-state index in [1.807, 2.05) is 65.2 Å². The van der Waals surface area contributed by atoms with Crippen molar-refractivity contribution in [3.8, 4) is 5.75 Å². The largest absolute Gasteiger partial charge is 0.493 e. The lowest BCUT2D eigenvalue weighted by Crippen LogP contribution is -2.28. The van der Waals surface area contributed by atoms with Crippen LogP contribution in [-0.2, 0) is 18.5 Å². The number of aromatic nitrogens is 2. The monoisotopic (exact) mass is 483 g/mol. The van der Waals surface area contributed by atoms with Gasteiger partial charge in [0.25, 0.3) is 0 Å². The Kier molecular flexibility index (Phi) is 6.94. The summed E-state index contributed by atoms with van der Waals surface area (Å²) in [4.78, 5) is 13.5. The third kappa shape index (κ3) is 5.62. The smallest absolute Gasteiger partial charge is 0.203 e. The average molecular weight is 484 g/mol.